The molecule has 0 spiro atoms. The number of hydrogen-bond acceptors (Lipinski definition) is 3. The molecule has 1 amide bonds. The maximum absolute atomic E-state index is 12.8. The molecule has 5 nitrogen and oxygen atoms in total. The molecule has 4 rings (SSSR count). The van der Waals surface area contributed by atoms with Crippen LogP contribution < -0.4 is 5.32 Å². The summed E-state index contributed by atoms with van der Waals surface area (Å²) in [5.41, 5.74) is 4.64. The third-order valence-electron chi connectivity index (χ3n) is 5.04. The van der Waals surface area contributed by atoms with Gasteiger partial charge in [0.25, 0.3) is 5.91 Å². The minimum atomic E-state index is -0.168. The first-order valence-corrected chi connectivity index (χ1v) is 9.77. The Morgan fingerprint density at radius 3 is 2.45 bits per heavy atom. The van der Waals surface area contributed by atoms with E-state index in [1.54, 1.807) is 4.68 Å². The second kappa shape index (κ2) is 7.51. The zero-order valence-electron chi connectivity index (χ0n) is 17.1. The van der Waals surface area contributed by atoms with Gasteiger partial charge in [-0.05, 0) is 55.2 Å². The Hall–Kier alpha value is -3.47. The quantitative estimate of drug-likeness (QED) is 0.511. The Labute approximate surface area is 170 Å². The van der Waals surface area contributed by atoms with E-state index in [1.807, 2.05) is 61.5 Å². The highest BCUT2D eigenvalue weighted by Crippen LogP contribution is 2.23. The third kappa shape index (κ3) is 3.76. The molecule has 0 fully saturated rings. The number of aromatic nitrogens is 3. The predicted molar refractivity (Wildman–Crippen MR) is 117 cm³/mol. The largest absolute Gasteiger partial charge is 0.306 e. The standard InChI is InChI=1S/C24H24N4O/c1-15(2)18-9-11-19(12-10-18)24(29)26-23-14-17(4)27-28(23)22-13-16(3)20-7-5-6-8-21(20)25-22/h5-15H,1-4H3,(H,26,29). The van der Waals surface area contributed by atoms with Crippen LogP contribution in [0.5, 0.6) is 0 Å². The van der Waals surface area contributed by atoms with Gasteiger partial charge in [-0.25, -0.2) is 4.98 Å². The first-order chi connectivity index (χ1) is 13.9. The highest BCUT2D eigenvalue weighted by molar-refractivity contribution is 6.04. The zero-order chi connectivity index (χ0) is 20.5. The van der Waals surface area contributed by atoms with Crippen LogP contribution in [0, 0.1) is 13.8 Å². The number of nitrogens with one attached hydrogen (secondary N) is 1. The molecule has 0 saturated heterocycles. The molecule has 0 bridgehead atoms. The molecule has 0 aliphatic carbocycles. The summed E-state index contributed by atoms with van der Waals surface area (Å²) in [7, 11) is 0. The Morgan fingerprint density at radius 2 is 1.72 bits per heavy atom. The fourth-order valence-corrected chi connectivity index (χ4v) is 3.41. The molecular weight excluding hydrogens is 360 g/mol. The summed E-state index contributed by atoms with van der Waals surface area (Å²) in [6.45, 7) is 8.22. The Balaban J connectivity index is 1.68. The van der Waals surface area contributed by atoms with Gasteiger partial charge < -0.3 is 5.32 Å². The third-order valence-corrected chi connectivity index (χ3v) is 5.04. The summed E-state index contributed by atoms with van der Waals surface area (Å²) in [6, 6.07) is 19.6. The van der Waals surface area contributed by atoms with Gasteiger partial charge in [0.1, 0.15) is 5.82 Å². The first-order valence-electron chi connectivity index (χ1n) is 9.77. The van der Waals surface area contributed by atoms with Crippen LogP contribution >= 0.6 is 0 Å². The molecule has 146 valence electrons. The van der Waals surface area contributed by atoms with Crippen LogP contribution in [0.3, 0.4) is 0 Å². The summed E-state index contributed by atoms with van der Waals surface area (Å²) in [5.74, 6) is 1.54. The van der Waals surface area contributed by atoms with Crippen molar-refractivity contribution in [2.24, 2.45) is 0 Å². The highest BCUT2D eigenvalue weighted by Gasteiger charge is 2.15. The van der Waals surface area contributed by atoms with Crippen LogP contribution in [0.4, 0.5) is 5.82 Å². The molecule has 0 unspecified atom stereocenters. The van der Waals surface area contributed by atoms with Crippen molar-refractivity contribution in [3.63, 3.8) is 0 Å². The molecule has 2 aromatic heterocycles. The van der Waals surface area contributed by atoms with Crippen LogP contribution in [-0.4, -0.2) is 20.7 Å². The number of benzene rings is 2. The number of aryl methyl sites for hydroxylation is 2. The number of nitrogens with zero attached hydrogens (tertiary/aromatic N) is 3. The molecule has 0 atom stereocenters. The SMILES string of the molecule is Cc1cc(NC(=O)c2ccc(C(C)C)cc2)n(-c2cc(C)c3ccccc3n2)n1. The number of pyridine rings is 1. The number of para-hydroxylation sites is 1. The molecule has 2 aromatic carbocycles. The maximum Gasteiger partial charge on any atom is 0.256 e. The summed E-state index contributed by atoms with van der Waals surface area (Å²) >= 11 is 0. The van der Waals surface area contributed by atoms with Crippen LogP contribution in [-0.2, 0) is 0 Å². The molecule has 0 aliphatic heterocycles. The van der Waals surface area contributed by atoms with Gasteiger partial charge in [0.15, 0.2) is 5.82 Å². The average Bonchev–Trinajstić information content (AvgIpc) is 3.08. The van der Waals surface area contributed by atoms with Crippen molar-refractivity contribution in [2.75, 3.05) is 5.32 Å². The predicted octanol–water partition coefficient (Wildman–Crippen LogP) is 5.41. The smallest absolute Gasteiger partial charge is 0.256 e. The second-order valence-electron chi connectivity index (χ2n) is 7.63. The van der Waals surface area contributed by atoms with Crippen LogP contribution in [0.1, 0.15) is 46.9 Å². The number of anilines is 1. The second-order valence-corrected chi connectivity index (χ2v) is 7.63. The lowest BCUT2D eigenvalue weighted by atomic mass is 10.0. The first kappa shape index (κ1) is 18.9. The van der Waals surface area contributed by atoms with Gasteiger partial charge in [0.2, 0.25) is 0 Å². The lowest BCUT2D eigenvalue weighted by Crippen LogP contribution is -2.15. The zero-order valence-corrected chi connectivity index (χ0v) is 17.1. The summed E-state index contributed by atoms with van der Waals surface area (Å²) in [6.07, 6.45) is 0. The Kier molecular flexibility index (Phi) is 4.89. The maximum atomic E-state index is 12.8. The normalized spacial score (nSPS) is 11.2. The summed E-state index contributed by atoms with van der Waals surface area (Å²) in [5, 5.41) is 8.64. The van der Waals surface area contributed by atoms with Gasteiger partial charge in [0.05, 0.1) is 11.2 Å². The van der Waals surface area contributed by atoms with E-state index in [4.69, 9.17) is 4.98 Å². The lowest BCUT2D eigenvalue weighted by molar-refractivity contribution is 0.102. The number of hydrogen-bond donors (Lipinski definition) is 1. The van der Waals surface area contributed by atoms with Crippen molar-refractivity contribution in [2.45, 2.75) is 33.6 Å². The number of rotatable bonds is 4. The molecule has 2 heterocycles. The number of fused-ring (bicyclic) bond motifs is 1. The molecule has 4 aromatic rings. The van der Waals surface area contributed by atoms with Gasteiger partial charge in [0, 0.05) is 17.0 Å². The Bertz CT molecular complexity index is 1190. The van der Waals surface area contributed by atoms with E-state index in [2.05, 4.69) is 37.3 Å². The van der Waals surface area contributed by atoms with Gasteiger partial charge in [-0.15, -0.1) is 0 Å². The van der Waals surface area contributed by atoms with Gasteiger partial charge in [-0.1, -0.05) is 44.2 Å². The van der Waals surface area contributed by atoms with Crippen LogP contribution in [0.25, 0.3) is 16.7 Å². The van der Waals surface area contributed by atoms with Crippen molar-refractivity contribution in [3.05, 3.63) is 83.0 Å². The number of amides is 1. The minimum absolute atomic E-state index is 0.168. The summed E-state index contributed by atoms with van der Waals surface area (Å²) < 4.78 is 1.69. The van der Waals surface area contributed by atoms with Crippen molar-refractivity contribution in [1.82, 2.24) is 14.8 Å². The lowest BCUT2D eigenvalue weighted by Gasteiger charge is -2.11. The van der Waals surface area contributed by atoms with Crippen molar-refractivity contribution in [3.8, 4) is 5.82 Å². The van der Waals surface area contributed by atoms with Gasteiger partial charge >= 0.3 is 0 Å². The van der Waals surface area contributed by atoms with Crippen molar-refractivity contribution in [1.29, 1.82) is 0 Å². The average molecular weight is 384 g/mol. The van der Waals surface area contributed by atoms with E-state index in [0.29, 0.717) is 23.1 Å². The fraction of sp³-hybridized carbons (Fsp3) is 0.208. The topological polar surface area (TPSA) is 59.8 Å². The fourth-order valence-electron chi connectivity index (χ4n) is 3.41. The van der Waals surface area contributed by atoms with Crippen molar-refractivity contribution < 1.29 is 4.79 Å². The van der Waals surface area contributed by atoms with Gasteiger partial charge in [-0.3, -0.25) is 4.79 Å². The van der Waals surface area contributed by atoms with E-state index in [-0.39, 0.29) is 5.91 Å². The molecule has 0 aliphatic rings. The molecular formula is C24H24N4O. The van der Waals surface area contributed by atoms with E-state index in [1.165, 1.54) is 5.56 Å². The minimum Gasteiger partial charge on any atom is -0.306 e. The van der Waals surface area contributed by atoms with E-state index in [9.17, 15) is 4.79 Å². The molecule has 0 radical (unpaired) electrons. The van der Waals surface area contributed by atoms with Crippen LogP contribution in [0.15, 0.2) is 60.7 Å². The number of carbonyl (C=O) groups is 1. The number of carbonyl (C=O) groups excluding carboxylic acids is 1. The van der Waals surface area contributed by atoms with Gasteiger partial charge in [-0.2, -0.15) is 9.78 Å². The molecule has 1 N–H and O–H groups in total. The highest BCUT2D eigenvalue weighted by atomic mass is 16.1. The monoisotopic (exact) mass is 384 g/mol. The van der Waals surface area contributed by atoms with E-state index >= 15 is 0 Å². The van der Waals surface area contributed by atoms with E-state index < -0.39 is 0 Å². The van der Waals surface area contributed by atoms with Crippen molar-refractivity contribution >= 4 is 22.6 Å². The van der Waals surface area contributed by atoms with Crippen LogP contribution in [0.2, 0.25) is 0 Å². The van der Waals surface area contributed by atoms with E-state index in [0.717, 1.165) is 22.2 Å². The molecule has 0 saturated carbocycles. The summed E-state index contributed by atoms with van der Waals surface area (Å²) in [4.78, 5) is 17.5. The molecule has 29 heavy (non-hydrogen) atoms. The molecule has 5 heteroatoms. The Morgan fingerprint density at radius 1 is 1.00 bits per heavy atom.